The van der Waals surface area contributed by atoms with Gasteiger partial charge in [-0.25, -0.2) is 0 Å². The lowest BCUT2D eigenvalue weighted by Crippen LogP contribution is -2.30. The van der Waals surface area contributed by atoms with Gasteiger partial charge in [0.15, 0.2) is 0 Å². The molecule has 0 aromatic heterocycles. The Balaban J connectivity index is 1.86. The second kappa shape index (κ2) is 5.19. The number of para-hydroxylation sites is 2. The third-order valence-corrected chi connectivity index (χ3v) is 4.91. The third-order valence-electron chi connectivity index (χ3n) is 4.91. The topological polar surface area (TPSA) is 23.5 Å². The molecular formula is C19H21NO. The minimum absolute atomic E-state index is 0.141. The summed E-state index contributed by atoms with van der Waals surface area (Å²) in [5.74, 6) is 0. The molecule has 2 atom stereocenters. The van der Waals surface area contributed by atoms with Gasteiger partial charge in [0.05, 0.1) is 6.10 Å². The van der Waals surface area contributed by atoms with Gasteiger partial charge in [0, 0.05) is 17.4 Å². The fraction of sp³-hybridized carbons (Fsp3) is 0.368. The molecule has 0 spiro atoms. The molecule has 1 aliphatic heterocycles. The largest absolute Gasteiger partial charge is 0.393 e. The van der Waals surface area contributed by atoms with Crippen molar-refractivity contribution in [3.8, 4) is 0 Å². The number of rotatable bonds is 1. The highest BCUT2D eigenvalue weighted by atomic mass is 16.3. The maximum absolute atomic E-state index is 9.97. The number of hydrogen-bond donors (Lipinski definition) is 1. The first kappa shape index (κ1) is 12.9. The normalized spacial score (nSPS) is 24.3. The van der Waals surface area contributed by atoms with Crippen LogP contribution in [0, 0.1) is 0 Å². The Morgan fingerprint density at radius 1 is 0.810 bits per heavy atom. The summed E-state index contributed by atoms with van der Waals surface area (Å²) in [6, 6.07) is 17.9. The van der Waals surface area contributed by atoms with Crippen molar-refractivity contribution in [1.82, 2.24) is 0 Å². The number of aryl methyl sites for hydroxylation is 2. The number of benzene rings is 2. The fourth-order valence-corrected chi connectivity index (χ4v) is 3.88. The van der Waals surface area contributed by atoms with Crippen LogP contribution < -0.4 is 4.90 Å². The Hall–Kier alpha value is -1.80. The second-order valence-corrected chi connectivity index (χ2v) is 6.25. The van der Waals surface area contributed by atoms with Gasteiger partial charge in [-0.1, -0.05) is 36.4 Å². The highest BCUT2D eigenvalue weighted by Gasteiger charge is 2.32. The van der Waals surface area contributed by atoms with E-state index in [-0.39, 0.29) is 6.10 Å². The van der Waals surface area contributed by atoms with Gasteiger partial charge in [0.2, 0.25) is 0 Å². The minimum atomic E-state index is -0.141. The van der Waals surface area contributed by atoms with Crippen LogP contribution in [0.5, 0.6) is 0 Å². The lowest BCUT2D eigenvalue weighted by atomic mass is 10.0. The van der Waals surface area contributed by atoms with Crippen molar-refractivity contribution in [2.24, 2.45) is 0 Å². The predicted molar refractivity (Wildman–Crippen MR) is 86.1 cm³/mol. The molecule has 1 heterocycles. The van der Waals surface area contributed by atoms with Crippen molar-refractivity contribution in [1.29, 1.82) is 0 Å². The molecule has 1 saturated carbocycles. The lowest BCUT2D eigenvalue weighted by Gasteiger charge is -2.32. The zero-order valence-corrected chi connectivity index (χ0v) is 12.2. The number of nitrogens with zero attached hydrogens (tertiary/aromatic N) is 1. The van der Waals surface area contributed by atoms with Crippen LogP contribution >= 0.6 is 0 Å². The maximum atomic E-state index is 9.97. The maximum Gasteiger partial charge on any atom is 0.0560 e. The first-order valence-electron chi connectivity index (χ1n) is 7.96. The van der Waals surface area contributed by atoms with E-state index in [1.807, 2.05) is 0 Å². The van der Waals surface area contributed by atoms with Crippen LogP contribution in [0.1, 0.15) is 30.4 Å². The van der Waals surface area contributed by atoms with E-state index >= 15 is 0 Å². The minimum Gasteiger partial charge on any atom is -0.393 e. The molecule has 2 aromatic rings. The van der Waals surface area contributed by atoms with Crippen molar-refractivity contribution in [2.45, 2.75) is 44.2 Å². The molecule has 1 N–H and O–H groups in total. The van der Waals surface area contributed by atoms with Gasteiger partial charge in [-0.3, -0.25) is 0 Å². The standard InChI is InChI=1S/C19H21NO/c21-17-12-11-16(13-17)20-18-7-3-1-5-14(18)9-10-15-6-2-4-8-19(15)20/h1-8,16-17,21H,9-13H2/t16-,17?/m1/s1. The van der Waals surface area contributed by atoms with E-state index in [9.17, 15) is 5.11 Å². The van der Waals surface area contributed by atoms with E-state index < -0.39 is 0 Å². The van der Waals surface area contributed by atoms with E-state index in [0.29, 0.717) is 6.04 Å². The van der Waals surface area contributed by atoms with Gasteiger partial charge >= 0.3 is 0 Å². The van der Waals surface area contributed by atoms with Crippen molar-refractivity contribution in [2.75, 3.05) is 4.90 Å². The second-order valence-electron chi connectivity index (χ2n) is 6.25. The molecule has 108 valence electrons. The van der Waals surface area contributed by atoms with Gasteiger partial charge in [-0.05, 0) is 55.4 Å². The summed E-state index contributed by atoms with van der Waals surface area (Å²) < 4.78 is 0. The van der Waals surface area contributed by atoms with Crippen molar-refractivity contribution >= 4 is 11.4 Å². The molecule has 2 heteroatoms. The molecule has 0 saturated heterocycles. The lowest BCUT2D eigenvalue weighted by molar-refractivity contribution is 0.181. The van der Waals surface area contributed by atoms with Gasteiger partial charge in [0.1, 0.15) is 0 Å². The highest BCUT2D eigenvalue weighted by Crippen LogP contribution is 2.41. The number of anilines is 2. The van der Waals surface area contributed by atoms with E-state index in [0.717, 1.165) is 32.1 Å². The zero-order valence-electron chi connectivity index (χ0n) is 12.2. The number of aliphatic hydroxyl groups excluding tert-OH is 1. The fourth-order valence-electron chi connectivity index (χ4n) is 3.88. The van der Waals surface area contributed by atoms with Crippen LogP contribution in [0.15, 0.2) is 48.5 Å². The van der Waals surface area contributed by atoms with Crippen molar-refractivity contribution < 1.29 is 5.11 Å². The van der Waals surface area contributed by atoms with Crippen LogP contribution in [0.2, 0.25) is 0 Å². The van der Waals surface area contributed by atoms with Crippen LogP contribution in [0.4, 0.5) is 11.4 Å². The van der Waals surface area contributed by atoms with Gasteiger partial charge in [-0.15, -0.1) is 0 Å². The van der Waals surface area contributed by atoms with Crippen LogP contribution in [0.3, 0.4) is 0 Å². The van der Waals surface area contributed by atoms with E-state index in [2.05, 4.69) is 53.4 Å². The van der Waals surface area contributed by atoms with Gasteiger partial charge < -0.3 is 10.0 Å². The monoisotopic (exact) mass is 279 g/mol. The molecule has 0 radical (unpaired) electrons. The molecule has 21 heavy (non-hydrogen) atoms. The van der Waals surface area contributed by atoms with E-state index in [1.54, 1.807) is 0 Å². The average Bonchev–Trinajstić information content (AvgIpc) is 2.86. The number of fused-ring (bicyclic) bond motifs is 2. The Bertz CT molecular complexity index is 604. The summed E-state index contributed by atoms with van der Waals surface area (Å²) in [6.07, 6.45) is 4.92. The Kier molecular flexibility index (Phi) is 3.19. The van der Waals surface area contributed by atoms with Crippen LogP contribution in [-0.4, -0.2) is 17.3 Å². The smallest absolute Gasteiger partial charge is 0.0560 e. The molecule has 1 aliphatic carbocycles. The summed E-state index contributed by atoms with van der Waals surface area (Å²) in [6.45, 7) is 0. The molecule has 0 bridgehead atoms. The predicted octanol–water partition coefficient (Wildman–Crippen LogP) is 3.84. The molecule has 1 unspecified atom stereocenters. The summed E-state index contributed by atoms with van der Waals surface area (Å²) >= 11 is 0. The third kappa shape index (κ3) is 2.24. The molecule has 2 aliphatic rings. The first-order chi connectivity index (χ1) is 10.3. The SMILES string of the molecule is OC1CC[C@@H](N2c3ccccc3CCc3ccccc32)C1. The number of aliphatic hydroxyl groups is 1. The Morgan fingerprint density at radius 2 is 1.38 bits per heavy atom. The number of hydrogen-bond acceptors (Lipinski definition) is 2. The molecule has 2 nitrogen and oxygen atoms in total. The summed E-state index contributed by atoms with van der Waals surface area (Å²) in [5.41, 5.74) is 5.52. The Morgan fingerprint density at radius 3 is 1.90 bits per heavy atom. The first-order valence-corrected chi connectivity index (χ1v) is 7.96. The average molecular weight is 279 g/mol. The highest BCUT2D eigenvalue weighted by molar-refractivity contribution is 5.72. The Labute approximate surface area is 126 Å². The summed E-state index contributed by atoms with van der Waals surface area (Å²) in [5, 5.41) is 9.97. The van der Waals surface area contributed by atoms with Crippen molar-refractivity contribution in [3.63, 3.8) is 0 Å². The summed E-state index contributed by atoms with van der Waals surface area (Å²) in [4.78, 5) is 2.49. The van der Waals surface area contributed by atoms with Crippen molar-refractivity contribution in [3.05, 3.63) is 59.7 Å². The van der Waals surface area contributed by atoms with Gasteiger partial charge in [-0.2, -0.15) is 0 Å². The van der Waals surface area contributed by atoms with Gasteiger partial charge in [0.25, 0.3) is 0 Å². The van der Waals surface area contributed by atoms with E-state index in [1.165, 1.54) is 22.5 Å². The van der Waals surface area contributed by atoms with Crippen LogP contribution in [-0.2, 0) is 12.8 Å². The summed E-state index contributed by atoms with van der Waals surface area (Å²) in [7, 11) is 0. The molecule has 1 fully saturated rings. The van der Waals surface area contributed by atoms with Crippen LogP contribution in [0.25, 0.3) is 0 Å². The molecule has 0 amide bonds. The molecular weight excluding hydrogens is 258 g/mol. The zero-order chi connectivity index (χ0) is 14.2. The molecule has 4 rings (SSSR count). The van der Waals surface area contributed by atoms with E-state index in [4.69, 9.17) is 0 Å². The quantitative estimate of drug-likeness (QED) is 0.857. The molecule has 2 aromatic carbocycles.